The van der Waals surface area contributed by atoms with Crippen molar-refractivity contribution in [2.75, 3.05) is 21.1 Å². The third-order valence-electron chi connectivity index (χ3n) is 3.70. The first-order valence-corrected chi connectivity index (χ1v) is 7.17. The number of pyridine rings is 1. The molecule has 0 saturated heterocycles. The van der Waals surface area contributed by atoms with Gasteiger partial charge >= 0.3 is 0 Å². The van der Waals surface area contributed by atoms with Crippen LogP contribution in [0.3, 0.4) is 0 Å². The fourth-order valence-electron chi connectivity index (χ4n) is 2.41. The lowest BCUT2D eigenvalue weighted by Crippen LogP contribution is -2.30. The van der Waals surface area contributed by atoms with Gasteiger partial charge < -0.3 is 9.80 Å². The van der Waals surface area contributed by atoms with Crippen molar-refractivity contribution in [3.05, 3.63) is 54.0 Å². The van der Waals surface area contributed by atoms with Crippen LogP contribution in [0.1, 0.15) is 25.5 Å². The molecule has 0 aliphatic rings. The van der Waals surface area contributed by atoms with E-state index < -0.39 is 0 Å². The lowest BCUT2D eigenvalue weighted by atomic mass is 10.1. The summed E-state index contributed by atoms with van der Waals surface area (Å²) in [7, 11) is 6.09. The maximum Gasteiger partial charge on any atom is 0.161 e. The second-order valence-electron chi connectivity index (χ2n) is 5.38. The van der Waals surface area contributed by atoms with E-state index in [2.05, 4.69) is 39.9 Å². The molecule has 0 amide bonds. The topological polar surface area (TPSA) is 37.2 Å². The number of allylic oxidation sites excluding steroid dienone is 1. The molecule has 0 bridgehead atoms. The summed E-state index contributed by atoms with van der Waals surface area (Å²) in [6.45, 7) is 4.14. The van der Waals surface area contributed by atoms with E-state index in [1.807, 2.05) is 33.2 Å². The number of aromatic nitrogens is 3. The van der Waals surface area contributed by atoms with Gasteiger partial charge in [0.1, 0.15) is 0 Å². The van der Waals surface area contributed by atoms with Crippen molar-refractivity contribution in [2.24, 2.45) is 0 Å². The van der Waals surface area contributed by atoms with Crippen molar-refractivity contribution >= 4 is 0 Å². The minimum atomic E-state index is -0.373. The number of nitrogens with zero attached hydrogens (tertiary/aromatic N) is 5. The SMILES string of the molecule is C/C=C(\N(C)C)N(C)[C@@H](C)c1ccc(-n2cc(F)cn2)nc1. The Bertz CT molecular complexity index is 645. The van der Waals surface area contributed by atoms with Crippen molar-refractivity contribution in [1.82, 2.24) is 24.6 Å². The zero-order chi connectivity index (χ0) is 16.3. The summed E-state index contributed by atoms with van der Waals surface area (Å²) in [6, 6.07) is 4.01. The van der Waals surface area contributed by atoms with E-state index in [0.29, 0.717) is 5.82 Å². The third-order valence-corrected chi connectivity index (χ3v) is 3.70. The minimum absolute atomic E-state index is 0.171. The van der Waals surface area contributed by atoms with Crippen LogP contribution in [-0.4, -0.2) is 45.7 Å². The van der Waals surface area contributed by atoms with E-state index in [9.17, 15) is 4.39 Å². The first-order valence-electron chi connectivity index (χ1n) is 7.17. The Labute approximate surface area is 130 Å². The summed E-state index contributed by atoms with van der Waals surface area (Å²) < 4.78 is 14.4. The van der Waals surface area contributed by atoms with E-state index in [-0.39, 0.29) is 11.9 Å². The summed E-state index contributed by atoms with van der Waals surface area (Å²) in [4.78, 5) is 8.63. The van der Waals surface area contributed by atoms with Crippen LogP contribution in [0.15, 0.2) is 42.6 Å². The maximum absolute atomic E-state index is 13.0. The van der Waals surface area contributed by atoms with Gasteiger partial charge in [0.15, 0.2) is 11.6 Å². The predicted octanol–water partition coefficient (Wildman–Crippen LogP) is 2.82. The number of halogens is 1. The van der Waals surface area contributed by atoms with E-state index in [0.717, 1.165) is 11.4 Å². The van der Waals surface area contributed by atoms with Gasteiger partial charge in [0.05, 0.1) is 24.3 Å². The molecule has 22 heavy (non-hydrogen) atoms. The highest BCUT2D eigenvalue weighted by atomic mass is 19.1. The Morgan fingerprint density at radius 3 is 2.45 bits per heavy atom. The molecular weight excluding hydrogens is 281 g/mol. The second kappa shape index (κ2) is 6.60. The molecule has 118 valence electrons. The van der Waals surface area contributed by atoms with Crippen molar-refractivity contribution in [3.63, 3.8) is 0 Å². The van der Waals surface area contributed by atoms with Gasteiger partial charge in [-0.05, 0) is 31.6 Å². The fourth-order valence-corrected chi connectivity index (χ4v) is 2.41. The monoisotopic (exact) mass is 303 g/mol. The van der Waals surface area contributed by atoms with Gasteiger partial charge in [-0.3, -0.25) is 0 Å². The molecule has 0 aromatic carbocycles. The molecule has 2 heterocycles. The molecule has 0 unspecified atom stereocenters. The molecule has 0 radical (unpaired) electrons. The molecule has 0 aliphatic carbocycles. The minimum Gasteiger partial charge on any atom is -0.365 e. The van der Waals surface area contributed by atoms with Crippen LogP contribution in [0.5, 0.6) is 0 Å². The van der Waals surface area contributed by atoms with Gasteiger partial charge in [-0.1, -0.05) is 6.07 Å². The third kappa shape index (κ3) is 3.27. The predicted molar refractivity (Wildman–Crippen MR) is 84.9 cm³/mol. The Hall–Kier alpha value is -2.37. The van der Waals surface area contributed by atoms with Gasteiger partial charge in [0.2, 0.25) is 0 Å². The van der Waals surface area contributed by atoms with Crippen LogP contribution in [0.4, 0.5) is 4.39 Å². The first kappa shape index (κ1) is 16.0. The molecule has 0 fully saturated rings. The van der Waals surface area contributed by atoms with E-state index in [4.69, 9.17) is 0 Å². The Balaban J connectivity index is 2.19. The van der Waals surface area contributed by atoms with Crippen LogP contribution in [0, 0.1) is 5.82 Å². The van der Waals surface area contributed by atoms with Gasteiger partial charge in [-0.2, -0.15) is 5.10 Å². The second-order valence-corrected chi connectivity index (χ2v) is 5.38. The summed E-state index contributed by atoms with van der Waals surface area (Å²) in [5.41, 5.74) is 1.08. The smallest absolute Gasteiger partial charge is 0.161 e. The average Bonchev–Trinajstić information content (AvgIpc) is 2.93. The Kier molecular flexibility index (Phi) is 4.80. The summed E-state index contributed by atoms with van der Waals surface area (Å²) in [5.74, 6) is 1.36. The highest BCUT2D eigenvalue weighted by Crippen LogP contribution is 2.23. The Morgan fingerprint density at radius 2 is 2.00 bits per heavy atom. The van der Waals surface area contributed by atoms with Crippen molar-refractivity contribution in [2.45, 2.75) is 19.9 Å². The molecule has 0 aliphatic heterocycles. The highest BCUT2D eigenvalue weighted by Gasteiger charge is 2.16. The van der Waals surface area contributed by atoms with Gasteiger partial charge in [0.25, 0.3) is 0 Å². The molecular formula is C16H22FN5. The standard InChI is InChI=1S/C16H22FN5/c1-6-16(20(3)4)21(5)12(2)13-7-8-15(18-9-13)22-11-14(17)10-19-22/h6-12H,1-5H3/b16-6+/t12-/m0/s1. The van der Waals surface area contributed by atoms with E-state index in [1.54, 1.807) is 6.20 Å². The largest absolute Gasteiger partial charge is 0.365 e. The summed E-state index contributed by atoms with van der Waals surface area (Å²) >= 11 is 0. The zero-order valence-corrected chi connectivity index (χ0v) is 13.7. The molecule has 0 saturated carbocycles. The number of hydrogen-bond donors (Lipinski definition) is 0. The molecule has 5 nitrogen and oxygen atoms in total. The lowest BCUT2D eigenvalue weighted by Gasteiger charge is -2.33. The summed E-state index contributed by atoms with van der Waals surface area (Å²) in [6.07, 6.45) is 6.35. The average molecular weight is 303 g/mol. The molecule has 1 atom stereocenters. The van der Waals surface area contributed by atoms with Crippen LogP contribution in [0.25, 0.3) is 5.82 Å². The van der Waals surface area contributed by atoms with Gasteiger partial charge in [-0.15, -0.1) is 0 Å². The van der Waals surface area contributed by atoms with Crippen LogP contribution in [0.2, 0.25) is 0 Å². The number of hydrogen-bond acceptors (Lipinski definition) is 4. The normalized spacial score (nSPS) is 13.1. The number of rotatable bonds is 5. The van der Waals surface area contributed by atoms with Crippen molar-refractivity contribution in [3.8, 4) is 5.82 Å². The van der Waals surface area contributed by atoms with E-state index >= 15 is 0 Å². The lowest BCUT2D eigenvalue weighted by molar-refractivity contribution is 0.246. The van der Waals surface area contributed by atoms with Gasteiger partial charge in [-0.25, -0.2) is 14.1 Å². The summed E-state index contributed by atoms with van der Waals surface area (Å²) in [5, 5.41) is 3.91. The molecule has 2 rings (SSSR count). The maximum atomic E-state index is 13.0. The van der Waals surface area contributed by atoms with Crippen LogP contribution < -0.4 is 0 Å². The van der Waals surface area contributed by atoms with Crippen LogP contribution in [-0.2, 0) is 0 Å². The molecule has 0 N–H and O–H groups in total. The molecule has 0 spiro atoms. The van der Waals surface area contributed by atoms with Crippen LogP contribution >= 0.6 is 0 Å². The van der Waals surface area contributed by atoms with Crippen molar-refractivity contribution in [1.29, 1.82) is 0 Å². The zero-order valence-electron chi connectivity index (χ0n) is 13.7. The fraction of sp³-hybridized carbons (Fsp3) is 0.375. The highest BCUT2D eigenvalue weighted by molar-refractivity contribution is 5.26. The van der Waals surface area contributed by atoms with Crippen molar-refractivity contribution < 1.29 is 4.39 Å². The Morgan fingerprint density at radius 1 is 1.27 bits per heavy atom. The first-order chi connectivity index (χ1) is 10.4. The van der Waals surface area contributed by atoms with Gasteiger partial charge in [0, 0.05) is 27.3 Å². The molecule has 6 heteroatoms. The molecule has 2 aromatic heterocycles. The molecule has 2 aromatic rings. The quantitative estimate of drug-likeness (QED) is 0.851. The van der Waals surface area contributed by atoms with E-state index in [1.165, 1.54) is 17.1 Å².